The number of hydrogen-bond acceptors (Lipinski definition) is 5. The number of ether oxygens (including phenoxy) is 1. The fourth-order valence-corrected chi connectivity index (χ4v) is 2.95. The molecule has 0 unspecified atom stereocenters. The predicted octanol–water partition coefficient (Wildman–Crippen LogP) is 1.15. The van der Waals surface area contributed by atoms with Gasteiger partial charge in [-0.25, -0.2) is 0 Å². The van der Waals surface area contributed by atoms with E-state index in [2.05, 4.69) is 17.0 Å². The summed E-state index contributed by atoms with van der Waals surface area (Å²) in [6.45, 7) is 3.75. The molecule has 2 aliphatic rings. The van der Waals surface area contributed by atoms with Crippen molar-refractivity contribution in [1.82, 2.24) is 4.90 Å². The molecule has 1 aromatic carbocycles. The molecule has 1 saturated heterocycles. The summed E-state index contributed by atoms with van der Waals surface area (Å²) in [4.78, 5) is 26.3. The predicted molar refractivity (Wildman–Crippen MR) is 84.8 cm³/mol. The average Bonchev–Trinajstić information content (AvgIpc) is 3.36. The monoisotopic (exact) mass is 319 g/mol. The normalized spacial score (nSPS) is 23.4. The van der Waals surface area contributed by atoms with Crippen molar-refractivity contribution >= 4 is 11.6 Å². The third kappa shape index (κ3) is 3.61. The van der Waals surface area contributed by atoms with Crippen molar-refractivity contribution in [2.75, 3.05) is 38.3 Å². The summed E-state index contributed by atoms with van der Waals surface area (Å²) in [7, 11) is 1.70. The molecule has 0 bridgehead atoms. The Morgan fingerprint density at radius 3 is 2.57 bits per heavy atom. The molecule has 3 rings (SSSR count). The van der Waals surface area contributed by atoms with Gasteiger partial charge in [0, 0.05) is 43.7 Å². The molecular formula is C16H21N3O4. The summed E-state index contributed by atoms with van der Waals surface area (Å²) >= 11 is 0. The van der Waals surface area contributed by atoms with Gasteiger partial charge in [0.15, 0.2) is 0 Å². The van der Waals surface area contributed by atoms with Crippen molar-refractivity contribution in [1.29, 1.82) is 0 Å². The first-order valence-electron chi connectivity index (χ1n) is 7.86. The maximum atomic E-state index is 12.1. The van der Waals surface area contributed by atoms with Crippen LogP contribution in [0, 0.1) is 16.0 Å². The molecule has 7 heteroatoms. The summed E-state index contributed by atoms with van der Waals surface area (Å²) in [6.07, 6.45) is 0.367. The molecule has 1 saturated carbocycles. The van der Waals surface area contributed by atoms with E-state index >= 15 is 0 Å². The van der Waals surface area contributed by atoms with Crippen molar-refractivity contribution in [2.45, 2.75) is 19.0 Å². The van der Waals surface area contributed by atoms with E-state index in [1.165, 1.54) is 0 Å². The Hall–Kier alpha value is -2.15. The van der Waals surface area contributed by atoms with Crippen LogP contribution in [0.15, 0.2) is 24.3 Å². The zero-order valence-electron chi connectivity index (χ0n) is 13.2. The van der Waals surface area contributed by atoms with Gasteiger partial charge in [-0.15, -0.1) is 0 Å². The largest absolute Gasteiger partial charge is 0.378 e. The maximum Gasteiger partial charge on any atom is 0.232 e. The van der Waals surface area contributed by atoms with E-state index in [0.717, 1.165) is 37.6 Å². The molecule has 7 nitrogen and oxygen atoms in total. The molecular weight excluding hydrogens is 298 g/mol. The van der Waals surface area contributed by atoms with Gasteiger partial charge in [-0.3, -0.25) is 14.9 Å². The summed E-state index contributed by atoms with van der Waals surface area (Å²) < 4.78 is 5.34. The van der Waals surface area contributed by atoms with Gasteiger partial charge in [0.05, 0.1) is 13.2 Å². The molecule has 1 aliphatic carbocycles. The lowest BCUT2D eigenvalue weighted by atomic mass is 10.1. The topological polar surface area (TPSA) is 75.9 Å². The van der Waals surface area contributed by atoms with Crippen LogP contribution < -0.4 is 4.90 Å². The minimum absolute atomic E-state index is 0.135. The van der Waals surface area contributed by atoms with Gasteiger partial charge >= 0.3 is 0 Å². The minimum Gasteiger partial charge on any atom is -0.378 e. The maximum absolute atomic E-state index is 12.1. The molecule has 124 valence electrons. The molecule has 0 N–H and O–H groups in total. The summed E-state index contributed by atoms with van der Waals surface area (Å²) in [5.74, 6) is -0.577. The lowest BCUT2D eigenvalue weighted by Crippen LogP contribution is -2.36. The van der Waals surface area contributed by atoms with Crippen molar-refractivity contribution in [3.8, 4) is 0 Å². The van der Waals surface area contributed by atoms with E-state index in [4.69, 9.17) is 4.74 Å². The van der Waals surface area contributed by atoms with Crippen molar-refractivity contribution < 1.29 is 14.5 Å². The number of amides is 1. The van der Waals surface area contributed by atoms with Gasteiger partial charge in [0.2, 0.25) is 11.9 Å². The summed E-state index contributed by atoms with van der Waals surface area (Å²) in [5.41, 5.74) is 2.18. The number of nitro groups is 1. The van der Waals surface area contributed by atoms with Crippen LogP contribution in [0.5, 0.6) is 0 Å². The summed E-state index contributed by atoms with van der Waals surface area (Å²) in [5, 5.41) is 10.7. The van der Waals surface area contributed by atoms with E-state index in [1.54, 1.807) is 11.9 Å². The van der Waals surface area contributed by atoms with Crippen LogP contribution in [0.4, 0.5) is 5.69 Å². The smallest absolute Gasteiger partial charge is 0.232 e. The Morgan fingerprint density at radius 1 is 1.35 bits per heavy atom. The lowest BCUT2D eigenvalue weighted by molar-refractivity contribution is -0.497. The van der Waals surface area contributed by atoms with Crippen LogP contribution in [0.25, 0.3) is 0 Å². The lowest BCUT2D eigenvalue weighted by Gasteiger charge is -2.29. The van der Waals surface area contributed by atoms with Gasteiger partial charge in [-0.1, -0.05) is 12.1 Å². The van der Waals surface area contributed by atoms with Gasteiger partial charge < -0.3 is 14.5 Å². The van der Waals surface area contributed by atoms with Gasteiger partial charge in [-0.05, 0) is 17.7 Å². The first-order chi connectivity index (χ1) is 11.1. The van der Waals surface area contributed by atoms with Gasteiger partial charge in [0.25, 0.3) is 0 Å². The van der Waals surface area contributed by atoms with E-state index in [1.807, 2.05) is 12.1 Å². The summed E-state index contributed by atoms with van der Waals surface area (Å²) in [6, 6.07) is 7.43. The number of nitrogens with zero attached hydrogens (tertiary/aromatic N) is 3. The molecule has 0 radical (unpaired) electrons. The van der Waals surface area contributed by atoms with Crippen molar-refractivity contribution in [2.24, 2.45) is 5.92 Å². The second-order valence-corrected chi connectivity index (χ2v) is 6.16. The molecule has 1 aliphatic heterocycles. The first-order valence-corrected chi connectivity index (χ1v) is 7.86. The highest BCUT2D eigenvalue weighted by Gasteiger charge is 2.54. The average molecular weight is 319 g/mol. The minimum atomic E-state index is -0.686. The Labute approximate surface area is 135 Å². The number of carbonyl (C=O) groups excluding carboxylic acids is 1. The second-order valence-electron chi connectivity index (χ2n) is 6.16. The van der Waals surface area contributed by atoms with Crippen LogP contribution in [0.3, 0.4) is 0 Å². The molecule has 2 fully saturated rings. The highest BCUT2D eigenvalue weighted by Crippen LogP contribution is 2.34. The zero-order chi connectivity index (χ0) is 16.4. The Bertz CT molecular complexity index is 583. The first kappa shape index (κ1) is 15.7. The highest BCUT2D eigenvalue weighted by atomic mass is 16.6. The second kappa shape index (κ2) is 6.54. The van der Waals surface area contributed by atoms with Gasteiger partial charge in [-0.2, -0.15) is 0 Å². The number of rotatable bonds is 5. The number of anilines is 1. The Morgan fingerprint density at radius 2 is 2.00 bits per heavy atom. The Balaban J connectivity index is 1.55. The van der Waals surface area contributed by atoms with Crippen molar-refractivity contribution in [3.63, 3.8) is 0 Å². The standard InChI is InChI=1S/C16H21N3O4/c1-17(16(20)14-10-15(14)19(21)22)11-12-2-4-13(5-3-12)18-6-8-23-9-7-18/h2-5,14-15H,6-11H2,1H3/t14-,15+/m1/s1. The quantitative estimate of drug-likeness (QED) is 0.601. The third-order valence-electron chi connectivity index (χ3n) is 4.45. The molecule has 1 amide bonds. The molecule has 1 heterocycles. The molecule has 2 atom stereocenters. The third-order valence-corrected chi connectivity index (χ3v) is 4.45. The number of morpholine rings is 1. The molecule has 23 heavy (non-hydrogen) atoms. The molecule has 1 aromatic rings. The van der Waals surface area contributed by atoms with E-state index in [-0.39, 0.29) is 10.8 Å². The number of benzene rings is 1. The molecule has 0 spiro atoms. The van der Waals surface area contributed by atoms with E-state index < -0.39 is 12.0 Å². The van der Waals surface area contributed by atoms with Crippen LogP contribution in [0.2, 0.25) is 0 Å². The fraction of sp³-hybridized carbons (Fsp3) is 0.562. The Kier molecular flexibility index (Phi) is 4.47. The number of hydrogen-bond donors (Lipinski definition) is 0. The SMILES string of the molecule is CN(Cc1ccc(N2CCOCC2)cc1)C(=O)[C@@H]1C[C@@H]1[N+](=O)[O-]. The highest BCUT2D eigenvalue weighted by molar-refractivity contribution is 5.81. The molecule has 0 aromatic heterocycles. The number of carbonyl (C=O) groups is 1. The zero-order valence-corrected chi connectivity index (χ0v) is 13.2. The van der Waals surface area contributed by atoms with Crippen LogP contribution in [0.1, 0.15) is 12.0 Å². The van der Waals surface area contributed by atoms with Crippen molar-refractivity contribution in [3.05, 3.63) is 39.9 Å². The van der Waals surface area contributed by atoms with E-state index in [9.17, 15) is 14.9 Å². The van der Waals surface area contributed by atoms with Crippen LogP contribution >= 0.6 is 0 Å². The van der Waals surface area contributed by atoms with E-state index in [0.29, 0.717) is 13.0 Å². The van der Waals surface area contributed by atoms with Crippen LogP contribution in [-0.4, -0.2) is 55.1 Å². The van der Waals surface area contributed by atoms with Crippen LogP contribution in [-0.2, 0) is 16.1 Å². The fourth-order valence-electron chi connectivity index (χ4n) is 2.95. The van der Waals surface area contributed by atoms with Gasteiger partial charge in [0.1, 0.15) is 5.92 Å².